The summed E-state index contributed by atoms with van der Waals surface area (Å²) in [5.74, 6) is 0.240. The number of rotatable bonds is 7. The largest absolute Gasteiger partial charge is 0.324 e. The number of nitrogens with one attached hydrogen (secondary N) is 2. The fourth-order valence-corrected chi connectivity index (χ4v) is 3.24. The van der Waals surface area contributed by atoms with Gasteiger partial charge in [-0.2, -0.15) is 10.1 Å². The lowest BCUT2D eigenvalue weighted by Gasteiger charge is -2.16. The minimum Gasteiger partial charge on any atom is -0.324 e. The third-order valence-corrected chi connectivity index (χ3v) is 4.65. The fraction of sp³-hybridized carbons (Fsp3) is 0.263. The molecule has 0 atom stereocenters. The third-order valence-electron chi connectivity index (χ3n) is 4.32. The molecule has 0 saturated heterocycles. The number of carbonyl (C=O) groups is 2. The average molecular weight is 401 g/mol. The van der Waals surface area contributed by atoms with Gasteiger partial charge in [-0.3, -0.25) is 19.1 Å². The Morgan fingerprint density at radius 1 is 1.25 bits per heavy atom. The Kier molecular flexibility index (Phi) is 5.91. The van der Waals surface area contributed by atoms with Gasteiger partial charge in [0.25, 0.3) is 0 Å². The molecule has 28 heavy (non-hydrogen) atoms. The number of aromatic amines is 1. The van der Waals surface area contributed by atoms with E-state index in [1.54, 1.807) is 36.2 Å². The number of Topliss-reactive ketones (excluding diaryl/α,β-unsaturated/α-hetero) is 1. The van der Waals surface area contributed by atoms with Crippen LogP contribution in [0.15, 0.2) is 36.7 Å². The molecule has 0 aliphatic rings. The molecule has 0 fully saturated rings. The average Bonchev–Trinajstić information content (AvgIpc) is 3.24. The number of carbonyl (C=O) groups excluding carboxylic acids is 2. The molecule has 2 heterocycles. The van der Waals surface area contributed by atoms with E-state index in [4.69, 9.17) is 11.6 Å². The summed E-state index contributed by atoms with van der Waals surface area (Å²) in [6.45, 7) is 3.92. The lowest BCUT2D eigenvalue weighted by molar-refractivity contribution is -0.116. The Balaban J connectivity index is 1.64. The molecule has 1 aromatic carbocycles. The lowest BCUT2D eigenvalue weighted by Crippen LogP contribution is -2.34. The van der Waals surface area contributed by atoms with Crippen LogP contribution in [-0.4, -0.2) is 56.5 Å². The van der Waals surface area contributed by atoms with Gasteiger partial charge in [-0.15, -0.1) is 0 Å². The van der Waals surface area contributed by atoms with Gasteiger partial charge in [0.15, 0.2) is 5.78 Å². The summed E-state index contributed by atoms with van der Waals surface area (Å²) in [5.41, 5.74) is 2.78. The highest BCUT2D eigenvalue weighted by Gasteiger charge is 2.20. The molecule has 0 unspecified atom stereocenters. The van der Waals surface area contributed by atoms with Gasteiger partial charge in [0.1, 0.15) is 6.33 Å². The van der Waals surface area contributed by atoms with Crippen LogP contribution in [0.5, 0.6) is 0 Å². The number of aromatic nitrogens is 4. The van der Waals surface area contributed by atoms with Crippen LogP contribution in [0.1, 0.15) is 21.7 Å². The monoisotopic (exact) mass is 400 g/mol. The molecule has 1 amide bonds. The Hall–Kier alpha value is -2.97. The molecule has 8 nitrogen and oxygen atoms in total. The lowest BCUT2D eigenvalue weighted by atomic mass is 10.1. The van der Waals surface area contributed by atoms with E-state index >= 15 is 0 Å². The molecular weight excluding hydrogens is 380 g/mol. The molecule has 0 spiro atoms. The van der Waals surface area contributed by atoms with Crippen molar-refractivity contribution in [3.05, 3.63) is 58.6 Å². The second-order valence-electron chi connectivity index (χ2n) is 6.55. The zero-order valence-corrected chi connectivity index (χ0v) is 16.6. The van der Waals surface area contributed by atoms with Crippen LogP contribution in [0.2, 0.25) is 5.02 Å². The van der Waals surface area contributed by atoms with Crippen molar-refractivity contribution >= 4 is 29.0 Å². The smallest absolute Gasteiger partial charge is 0.238 e. The fourth-order valence-electron chi connectivity index (χ4n) is 3.06. The van der Waals surface area contributed by atoms with Crippen molar-refractivity contribution in [1.82, 2.24) is 24.6 Å². The van der Waals surface area contributed by atoms with E-state index in [1.165, 1.54) is 6.33 Å². The number of hydrogen-bond acceptors (Lipinski definition) is 5. The van der Waals surface area contributed by atoms with Crippen molar-refractivity contribution in [2.75, 3.05) is 25.5 Å². The van der Waals surface area contributed by atoms with Gasteiger partial charge in [-0.1, -0.05) is 23.7 Å². The number of aryl methyl sites for hydroxylation is 1. The molecule has 0 aliphatic carbocycles. The van der Waals surface area contributed by atoms with Crippen LogP contribution in [0.25, 0.3) is 5.95 Å². The zero-order chi connectivity index (χ0) is 20.3. The number of amides is 1. The summed E-state index contributed by atoms with van der Waals surface area (Å²) in [6.07, 6.45) is 1.42. The first kappa shape index (κ1) is 19.8. The molecule has 0 radical (unpaired) electrons. The van der Waals surface area contributed by atoms with Crippen molar-refractivity contribution < 1.29 is 9.59 Å². The number of halogens is 1. The quantitative estimate of drug-likeness (QED) is 0.594. The van der Waals surface area contributed by atoms with Gasteiger partial charge in [0.2, 0.25) is 11.9 Å². The highest BCUT2D eigenvalue weighted by Crippen LogP contribution is 2.21. The number of likely N-dealkylation sites (N-methyl/N-ethyl adjacent to an activating group) is 1. The van der Waals surface area contributed by atoms with Crippen LogP contribution in [0.4, 0.5) is 5.69 Å². The van der Waals surface area contributed by atoms with E-state index in [2.05, 4.69) is 20.5 Å². The second kappa shape index (κ2) is 8.37. The van der Waals surface area contributed by atoms with Gasteiger partial charge >= 0.3 is 0 Å². The van der Waals surface area contributed by atoms with Crippen LogP contribution in [0, 0.1) is 13.8 Å². The van der Waals surface area contributed by atoms with E-state index in [9.17, 15) is 9.59 Å². The maximum absolute atomic E-state index is 12.8. The van der Waals surface area contributed by atoms with Gasteiger partial charge in [0.05, 0.1) is 23.8 Å². The molecule has 0 saturated carbocycles. The number of ketones is 1. The summed E-state index contributed by atoms with van der Waals surface area (Å²) in [4.78, 5) is 30.8. The zero-order valence-electron chi connectivity index (χ0n) is 15.9. The van der Waals surface area contributed by atoms with Crippen LogP contribution in [0.3, 0.4) is 0 Å². The van der Waals surface area contributed by atoms with E-state index in [-0.39, 0.29) is 24.8 Å². The van der Waals surface area contributed by atoms with Crippen LogP contribution >= 0.6 is 11.6 Å². The highest BCUT2D eigenvalue weighted by atomic mass is 35.5. The number of benzene rings is 1. The van der Waals surface area contributed by atoms with E-state index in [0.717, 1.165) is 11.4 Å². The molecule has 2 N–H and O–H groups in total. The van der Waals surface area contributed by atoms with Crippen molar-refractivity contribution in [1.29, 1.82) is 0 Å². The van der Waals surface area contributed by atoms with Gasteiger partial charge in [-0.05, 0) is 39.1 Å². The van der Waals surface area contributed by atoms with E-state index in [0.29, 0.717) is 22.2 Å². The van der Waals surface area contributed by atoms with Crippen LogP contribution < -0.4 is 5.32 Å². The van der Waals surface area contributed by atoms with Crippen molar-refractivity contribution in [2.24, 2.45) is 0 Å². The Morgan fingerprint density at radius 3 is 2.68 bits per heavy atom. The summed E-state index contributed by atoms with van der Waals surface area (Å²) < 4.78 is 1.84. The van der Waals surface area contributed by atoms with Gasteiger partial charge in [0, 0.05) is 17.0 Å². The number of hydrogen-bond donors (Lipinski definition) is 2. The van der Waals surface area contributed by atoms with Gasteiger partial charge < -0.3 is 5.32 Å². The summed E-state index contributed by atoms with van der Waals surface area (Å²) in [5, 5.41) is 9.87. The molecule has 146 valence electrons. The number of nitrogens with zero attached hydrogens (tertiary/aromatic N) is 4. The summed E-state index contributed by atoms with van der Waals surface area (Å²) in [7, 11) is 1.72. The second-order valence-corrected chi connectivity index (χ2v) is 6.96. The Morgan fingerprint density at radius 2 is 2.00 bits per heavy atom. The molecule has 3 rings (SSSR count). The minimum atomic E-state index is -0.240. The first-order valence-electron chi connectivity index (χ1n) is 8.67. The summed E-state index contributed by atoms with van der Waals surface area (Å²) >= 11 is 6.05. The molecular formula is C19H21ClN6O2. The SMILES string of the molecule is Cc1cc(C(=O)CN(C)CC(=O)Nc2ccccc2Cl)c(C)n1-c1ncn[nH]1. The first-order chi connectivity index (χ1) is 13.4. The number of para-hydroxylation sites is 1. The minimum absolute atomic E-state index is 0.0673. The first-order valence-corrected chi connectivity index (χ1v) is 9.05. The van der Waals surface area contributed by atoms with E-state index in [1.807, 2.05) is 24.5 Å². The van der Waals surface area contributed by atoms with Gasteiger partial charge in [-0.25, -0.2) is 5.10 Å². The highest BCUT2D eigenvalue weighted by molar-refractivity contribution is 6.33. The van der Waals surface area contributed by atoms with E-state index < -0.39 is 0 Å². The number of anilines is 1. The predicted octanol–water partition coefficient (Wildman–Crippen LogP) is 2.62. The Bertz CT molecular complexity index is 996. The number of H-pyrrole nitrogens is 1. The molecule has 3 aromatic rings. The third kappa shape index (κ3) is 4.29. The molecule has 9 heteroatoms. The maximum Gasteiger partial charge on any atom is 0.238 e. The molecule has 0 bridgehead atoms. The maximum atomic E-state index is 12.8. The molecule has 0 aliphatic heterocycles. The van der Waals surface area contributed by atoms with Crippen molar-refractivity contribution in [3.8, 4) is 5.95 Å². The van der Waals surface area contributed by atoms with Crippen LogP contribution in [-0.2, 0) is 4.79 Å². The normalized spacial score (nSPS) is 11.0. The standard InChI is InChI=1S/C19H21ClN6O2/c1-12-8-14(13(2)26(12)19-21-11-22-24-19)17(27)9-25(3)10-18(28)23-16-7-5-4-6-15(16)20/h4-8,11H,9-10H2,1-3H3,(H,23,28)(H,21,22,24). The summed E-state index contributed by atoms with van der Waals surface area (Å²) in [6, 6.07) is 8.83. The van der Waals surface area contributed by atoms with Crippen molar-refractivity contribution in [2.45, 2.75) is 13.8 Å². The Labute approximate surface area is 167 Å². The molecule has 2 aromatic heterocycles. The van der Waals surface area contributed by atoms with Crippen molar-refractivity contribution in [3.63, 3.8) is 0 Å². The predicted molar refractivity (Wildman–Crippen MR) is 107 cm³/mol. The topological polar surface area (TPSA) is 95.9 Å².